The Kier molecular flexibility index (Phi) is 19.9. The summed E-state index contributed by atoms with van der Waals surface area (Å²) in [6.45, 7) is 26.7. The molecule has 4 rings (SSSR count). The van der Waals surface area contributed by atoms with E-state index < -0.39 is 0 Å². The molecule has 0 N–H and O–H groups in total. The van der Waals surface area contributed by atoms with Crippen molar-refractivity contribution in [2.75, 3.05) is 0 Å². The lowest BCUT2D eigenvalue weighted by Gasteiger charge is -2.35. The van der Waals surface area contributed by atoms with Gasteiger partial charge in [0.25, 0.3) is 0 Å². The zero-order valence-corrected chi connectivity index (χ0v) is 32.3. The lowest BCUT2D eigenvalue weighted by molar-refractivity contribution is 0.189. The number of rotatable bonds is 4. The number of hydrogen-bond donors (Lipinski definition) is 0. The predicted octanol–water partition coefficient (Wildman–Crippen LogP) is 13.5. The molecule has 4 saturated carbocycles. The summed E-state index contributed by atoms with van der Waals surface area (Å²) in [6, 6.07) is 0.921. The molecule has 48 heavy (non-hydrogen) atoms. The van der Waals surface area contributed by atoms with Crippen LogP contribution in [0.4, 0.5) is 0 Å². The van der Waals surface area contributed by atoms with Crippen molar-refractivity contribution in [3.63, 3.8) is 0 Å². The van der Waals surface area contributed by atoms with Crippen LogP contribution in [0.15, 0.2) is 20.5 Å². The van der Waals surface area contributed by atoms with Crippen molar-refractivity contribution >= 4 is 0 Å². The monoisotopic (exact) mass is 669 g/mol. The lowest BCUT2D eigenvalue weighted by Crippen LogP contribution is -2.30. The molecule has 12 nitrogen and oxygen atoms in total. The first-order valence-corrected chi connectivity index (χ1v) is 18.8. The van der Waals surface area contributed by atoms with Gasteiger partial charge in [-0.2, -0.15) is 0 Å². The Morgan fingerprint density at radius 3 is 0.625 bits per heavy atom. The topological polar surface area (TPSA) is 195 Å². The summed E-state index contributed by atoms with van der Waals surface area (Å²) in [4.78, 5) is 11.6. The third-order valence-electron chi connectivity index (χ3n) is 12.5. The minimum atomic E-state index is 0.230. The molecule has 16 atom stereocenters. The summed E-state index contributed by atoms with van der Waals surface area (Å²) >= 11 is 0. The van der Waals surface area contributed by atoms with E-state index in [1.807, 2.05) is 0 Å². The Balaban J connectivity index is 0.000000320. The Labute approximate surface area is 291 Å². The van der Waals surface area contributed by atoms with Gasteiger partial charge in [-0.25, -0.2) is 0 Å². The van der Waals surface area contributed by atoms with Crippen molar-refractivity contribution in [2.24, 2.45) is 91.5 Å². The van der Waals surface area contributed by atoms with Crippen molar-refractivity contribution in [3.05, 3.63) is 41.8 Å². The lowest BCUT2D eigenvalue weighted by atomic mass is 9.74. The maximum absolute atomic E-state index is 8.37. The van der Waals surface area contributed by atoms with Crippen LogP contribution in [0, 0.1) is 71.0 Å². The average molecular weight is 669 g/mol. The molecular weight excluding hydrogens is 600 g/mol. The molecule has 4 fully saturated rings. The Morgan fingerprint density at radius 1 is 0.312 bits per heavy atom. The van der Waals surface area contributed by atoms with E-state index in [2.05, 4.69) is 123 Å². The molecule has 4 aliphatic carbocycles. The van der Waals surface area contributed by atoms with Crippen LogP contribution in [0.1, 0.15) is 134 Å². The number of azide groups is 4. The van der Waals surface area contributed by atoms with Gasteiger partial charge < -0.3 is 0 Å². The van der Waals surface area contributed by atoms with Gasteiger partial charge in [0.1, 0.15) is 0 Å². The van der Waals surface area contributed by atoms with Gasteiger partial charge in [0.2, 0.25) is 0 Å². The van der Waals surface area contributed by atoms with E-state index in [4.69, 9.17) is 22.1 Å². The van der Waals surface area contributed by atoms with E-state index in [0.29, 0.717) is 71.0 Å². The molecular formula is C36H68N12. The molecule has 12 heteroatoms. The van der Waals surface area contributed by atoms with Gasteiger partial charge in [-0.05, 0) is 145 Å². The van der Waals surface area contributed by atoms with Crippen LogP contribution >= 0.6 is 0 Å². The third-order valence-corrected chi connectivity index (χ3v) is 12.5. The van der Waals surface area contributed by atoms with Gasteiger partial charge in [-0.1, -0.05) is 104 Å². The van der Waals surface area contributed by atoms with E-state index >= 15 is 0 Å². The van der Waals surface area contributed by atoms with E-state index in [9.17, 15) is 0 Å². The highest BCUT2D eigenvalue weighted by atomic mass is 15.2. The average Bonchev–Trinajstić information content (AvgIpc) is 3.01. The van der Waals surface area contributed by atoms with Gasteiger partial charge in [-0.3, -0.25) is 0 Å². The molecule has 0 saturated heterocycles. The first-order chi connectivity index (χ1) is 22.6. The smallest absolute Gasteiger partial charge is 0.0404 e. The molecule has 0 radical (unpaired) electrons. The minimum Gasteiger partial charge on any atom is -0.0903 e. The van der Waals surface area contributed by atoms with Crippen LogP contribution in [-0.4, -0.2) is 24.2 Å². The summed E-state index contributed by atoms with van der Waals surface area (Å²) in [5.41, 5.74) is 33.5. The zero-order valence-electron chi connectivity index (χ0n) is 32.3. The van der Waals surface area contributed by atoms with E-state index in [-0.39, 0.29) is 24.2 Å². The third kappa shape index (κ3) is 14.4. The Bertz CT molecular complexity index is 960. The summed E-state index contributed by atoms with van der Waals surface area (Å²) in [6.07, 6.45) is 9.37. The van der Waals surface area contributed by atoms with Crippen LogP contribution in [0.2, 0.25) is 0 Å². The second kappa shape index (κ2) is 22.1. The van der Waals surface area contributed by atoms with Gasteiger partial charge in [0.15, 0.2) is 0 Å². The fourth-order valence-electron chi connectivity index (χ4n) is 8.68. The summed E-state index contributed by atoms with van der Waals surface area (Å²) in [5.74, 6) is 7.86. The highest BCUT2D eigenvalue weighted by Gasteiger charge is 2.32. The highest BCUT2D eigenvalue weighted by Crippen LogP contribution is 2.37. The van der Waals surface area contributed by atoms with Crippen LogP contribution < -0.4 is 0 Å². The van der Waals surface area contributed by atoms with Crippen LogP contribution in [0.5, 0.6) is 0 Å². The minimum absolute atomic E-state index is 0.230. The summed E-state index contributed by atoms with van der Waals surface area (Å²) < 4.78 is 0. The second-order valence-electron chi connectivity index (χ2n) is 16.7. The Morgan fingerprint density at radius 2 is 0.479 bits per heavy atom. The van der Waals surface area contributed by atoms with E-state index in [0.717, 1.165) is 25.7 Å². The van der Waals surface area contributed by atoms with Crippen molar-refractivity contribution in [3.8, 4) is 0 Å². The van der Waals surface area contributed by atoms with Crippen LogP contribution in [-0.2, 0) is 0 Å². The SMILES string of the molecule is CC1C[C@@H](C)CC(N=[N+]=[N-])[C@H]1C.CC1C[C@@H](C)C[C@@H](N=[N+]=[N-])[C@@H]1C.CC1C[C@H](C)CC(N=[N+]=[N-])[C@H]1C.CC1C[C@H](C)C[C@@H](N=[N+]=[N-])[C@@H]1C. The summed E-state index contributed by atoms with van der Waals surface area (Å²) in [7, 11) is 0. The predicted molar refractivity (Wildman–Crippen MR) is 199 cm³/mol. The number of hydrogen-bond acceptors (Lipinski definition) is 4. The molecule has 0 heterocycles. The molecule has 0 aromatic carbocycles. The second-order valence-corrected chi connectivity index (χ2v) is 16.7. The molecule has 4 aliphatic rings. The van der Waals surface area contributed by atoms with Crippen molar-refractivity contribution in [1.29, 1.82) is 0 Å². The van der Waals surface area contributed by atoms with E-state index in [1.54, 1.807) is 0 Å². The molecule has 0 bridgehead atoms. The molecule has 0 spiro atoms. The molecule has 0 aromatic rings. The molecule has 0 aromatic heterocycles. The van der Waals surface area contributed by atoms with Gasteiger partial charge in [-0.15, -0.1) is 0 Å². The molecule has 0 aliphatic heterocycles. The first kappa shape index (κ1) is 43.3. The van der Waals surface area contributed by atoms with Crippen molar-refractivity contribution in [2.45, 2.75) is 159 Å². The van der Waals surface area contributed by atoms with Crippen LogP contribution in [0.3, 0.4) is 0 Å². The standard InChI is InChI=1S/4C9H17N3/c4*1-6-4-7(2)8(3)9(5-6)11-12-10/h4*6-9H,4-5H2,1-3H3/t6-,7?,8+,9?;6-,7?,8+,9+;6-,7?,8-,9?;6-,7?,8-,9-/m1001/s1. The van der Waals surface area contributed by atoms with Gasteiger partial charge in [0.05, 0.1) is 0 Å². The van der Waals surface area contributed by atoms with Crippen LogP contribution in [0.25, 0.3) is 41.8 Å². The molecule has 272 valence electrons. The fourth-order valence-corrected chi connectivity index (χ4v) is 8.68. The molecule has 0 amide bonds. The van der Waals surface area contributed by atoms with Gasteiger partial charge >= 0.3 is 0 Å². The largest absolute Gasteiger partial charge is 0.0903 e. The fraction of sp³-hybridized carbons (Fsp3) is 1.00. The van der Waals surface area contributed by atoms with Crippen molar-refractivity contribution < 1.29 is 0 Å². The van der Waals surface area contributed by atoms with Gasteiger partial charge in [0, 0.05) is 43.8 Å². The van der Waals surface area contributed by atoms with Crippen molar-refractivity contribution in [1.82, 2.24) is 0 Å². The first-order valence-electron chi connectivity index (χ1n) is 18.8. The maximum Gasteiger partial charge on any atom is 0.0404 e. The zero-order chi connectivity index (χ0) is 36.6. The maximum atomic E-state index is 8.37. The summed E-state index contributed by atoms with van der Waals surface area (Å²) in [5, 5.41) is 15.4. The highest BCUT2D eigenvalue weighted by molar-refractivity contribution is 4.88. The molecule has 6 unspecified atom stereocenters. The quantitative estimate of drug-likeness (QED) is 0.156. The Hall–Kier alpha value is -2.76. The normalized spacial score (nSPS) is 41.9. The number of nitrogens with zero attached hydrogens (tertiary/aromatic N) is 12. The van der Waals surface area contributed by atoms with E-state index in [1.165, 1.54) is 25.7 Å².